The molecule has 1 aliphatic carbocycles. The zero-order chi connectivity index (χ0) is 13.1. The number of aryl methyl sites for hydroxylation is 1. The van der Waals surface area contributed by atoms with Gasteiger partial charge in [0.1, 0.15) is 0 Å². The summed E-state index contributed by atoms with van der Waals surface area (Å²) in [7, 11) is 1.36. The molecule has 0 aliphatic heterocycles. The topological polar surface area (TPSA) is 30.7 Å². The maximum absolute atomic E-state index is 11.6. The number of rotatable bonds is 3. The van der Waals surface area contributed by atoms with Crippen LogP contribution < -0.4 is 0 Å². The van der Waals surface area contributed by atoms with Gasteiger partial charge in [-0.05, 0) is 36.5 Å². The van der Waals surface area contributed by atoms with Gasteiger partial charge in [-0.15, -0.1) is 0 Å². The minimum absolute atomic E-state index is 0.368. The number of hydrogen-bond donors (Lipinski definition) is 0. The number of carbonyl (C=O) groups is 1. The minimum atomic E-state index is -0.368. The lowest BCUT2D eigenvalue weighted by atomic mass is 9.80. The average Bonchev–Trinajstić information content (AvgIpc) is 2.33. The van der Waals surface area contributed by atoms with Gasteiger partial charge in [-0.3, -0.25) is 0 Å². The second kappa shape index (κ2) is 5.22. The molecule has 0 aromatic heterocycles. The third-order valence-electron chi connectivity index (χ3n) is 3.68. The molecule has 94 valence electrons. The van der Waals surface area contributed by atoms with Crippen LogP contribution in [0.1, 0.15) is 40.7 Å². The fraction of sp³-hybridized carbons (Fsp3) is 0.467. The van der Waals surface area contributed by atoms with Gasteiger partial charge >= 0.3 is 5.97 Å². The molecule has 0 amide bonds. The molecule has 0 saturated heterocycles. The van der Waals surface area contributed by atoms with Crippen LogP contribution in [0.15, 0.2) is 12.1 Å². The Morgan fingerprint density at radius 2 is 2.22 bits per heavy atom. The lowest BCUT2D eigenvalue weighted by Gasteiger charge is -2.26. The van der Waals surface area contributed by atoms with Crippen molar-refractivity contribution in [3.63, 3.8) is 0 Å². The lowest BCUT2D eigenvalue weighted by molar-refractivity contribution is 0.0600. The Hall–Kier alpha value is -1.82. The third kappa shape index (κ3) is 2.38. The van der Waals surface area contributed by atoms with Crippen molar-refractivity contribution in [1.29, 1.82) is 0 Å². The van der Waals surface area contributed by atoms with Crippen LogP contribution >= 0.6 is 0 Å². The maximum Gasteiger partial charge on any atom is 0.336 e. The molecule has 1 aliphatic rings. The molecule has 0 radical (unpaired) electrons. The molecule has 1 fully saturated rings. The molecule has 1 aromatic rings. The van der Waals surface area contributed by atoms with Gasteiger partial charge in [0.2, 0.25) is 0 Å². The van der Waals surface area contributed by atoms with Crippen molar-refractivity contribution in [2.24, 2.45) is 5.92 Å². The molecule has 0 heterocycles. The Morgan fingerprint density at radius 1 is 1.50 bits per heavy atom. The van der Waals surface area contributed by atoms with Crippen LogP contribution in [0, 0.1) is 19.4 Å². The van der Waals surface area contributed by atoms with Gasteiger partial charge in [0.15, 0.2) is 5.69 Å². The molecule has 0 N–H and O–H groups in total. The normalized spacial score (nSPS) is 14.7. The molecule has 3 nitrogen and oxygen atoms in total. The number of methoxy groups -OCH3 is 1. The quantitative estimate of drug-likeness (QED) is 0.599. The summed E-state index contributed by atoms with van der Waals surface area (Å²) in [5.74, 6) is 0.349. The Balaban J connectivity index is 2.33. The van der Waals surface area contributed by atoms with Crippen LogP contribution in [0.3, 0.4) is 0 Å². The fourth-order valence-electron chi connectivity index (χ4n) is 2.36. The zero-order valence-corrected chi connectivity index (χ0v) is 10.8. The Morgan fingerprint density at radius 3 is 2.72 bits per heavy atom. The first-order valence-corrected chi connectivity index (χ1v) is 6.25. The van der Waals surface area contributed by atoms with Crippen LogP contribution in [-0.2, 0) is 11.2 Å². The summed E-state index contributed by atoms with van der Waals surface area (Å²) in [6.07, 6.45) is 4.78. The molecule has 0 unspecified atom stereocenters. The Bertz CT molecular complexity index is 510. The molecule has 18 heavy (non-hydrogen) atoms. The van der Waals surface area contributed by atoms with E-state index in [0.29, 0.717) is 17.2 Å². The Labute approximate surface area is 108 Å². The molecular weight excluding hydrogens is 226 g/mol. The van der Waals surface area contributed by atoms with Gasteiger partial charge in [-0.2, -0.15) is 0 Å². The highest BCUT2D eigenvalue weighted by atomic mass is 16.5. The molecule has 1 aromatic carbocycles. The van der Waals surface area contributed by atoms with E-state index in [9.17, 15) is 4.79 Å². The summed E-state index contributed by atoms with van der Waals surface area (Å²) in [6.45, 7) is 9.14. The van der Waals surface area contributed by atoms with E-state index in [1.165, 1.54) is 26.4 Å². The standard InChI is InChI=1S/C15H17NO2/c1-10-7-12(8-11-5-4-6-11)14(16-2)9-13(10)15(17)18-3/h7,9,11H,4-6,8H2,1,3H3. The van der Waals surface area contributed by atoms with E-state index in [4.69, 9.17) is 11.3 Å². The summed E-state index contributed by atoms with van der Waals surface area (Å²) in [5.41, 5.74) is 3.05. The van der Waals surface area contributed by atoms with Gasteiger partial charge in [0, 0.05) is 0 Å². The first kappa shape index (κ1) is 12.6. The van der Waals surface area contributed by atoms with Crippen LogP contribution in [0.2, 0.25) is 0 Å². The predicted molar refractivity (Wildman–Crippen MR) is 69.8 cm³/mol. The maximum atomic E-state index is 11.6. The van der Waals surface area contributed by atoms with E-state index in [1.807, 2.05) is 13.0 Å². The highest BCUT2D eigenvalue weighted by Crippen LogP contribution is 2.34. The summed E-state index contributed by atoms with van der Waals surface area (Å²) in [6, 6.07) is 3.64. The number of benzene rings is 1. The van der Waals surface area contributed by atoms with E-state index in [0.717, 1.165) is 17.5 Å². The van der Waals surface area contributed by atoms with E-state index in [-0.39, 0.29) is 5.97 Å². The van der Waals surface area contributed by atoms with Gasteiger partial charge in [0.25, 0.3) is 0 Å². The first-order chi connectivity index (χ1) is 8.65. The summed E-state index contributed by atoms with van der Waals surface area (Å²) in [4.78, 5) is 15.1. The molecular formula is C15H17NO2. The van der Waals surface area contributed by atoms with Crippen molar-refractivity contribution in [3.8, 4) is 0 Å². The van der Waals surface area contributed by atoms with E-state index >= 15 is 0 Å². The summed E-state index contributed by atoms with van der Waals surface area (Å²) in [5, 5.41) is 0. The van der Waals surface area contributed by atoms with Gasteiger partial charge in [0.05, 0.1) is 19.2 Å². The first-order valence-electron chi connectivity index (χ1n) is 6.25. The highest BCUT2D eigenvalue weighted by molar-refractivity contribution is 5.92. The molecule has 0 atom stereocenters. The van der Waals surface area contributed by atoms with Crippen LogP contribution in [0.25, 0.3) is 4.85 Å². The number of esters is 1. The van der Waals surface area contributed by atoms with Gasteiger partial charge in [-0.25, -0.2) is 9.64 Å². The van der Waals surface area contributed by atoms with Crippen molar-refractivity contribution in [3.05, 3.63) is 40.2 Å². The van der Waals surface area contributed by atoms with Crippen molar-refractivity contribution in [2.45, 2.75) is 32.6 Å². The van der Waals surface area contributed by atoms with Crippen LogP contribution in [0.5, 0.6) is 0 Å². The summed E-state index contributed by atoms with van der Waals surface area (Å²) < 4.78 is 4.73. The SMILES string of the molecule is [C-]#[N+]c1cc(C(=O)OC)c(C)cc1CC1CCC1. The van der Waals surface area contributed by atoms with E-state index in [1.54, 1.807) is 6.07 Å². The fourth-order valence-corrected chi connectivity index (χ4v) is 2.36. The second-order valence-corrected chi connectivity index (χ2v) is 4.90. The third-order valence-corrected chi connectivity index (χ3v) is 3.68. The second-order valence-electron chi connectivity index (χ2n) is 4.90. The van der Waals surface area contributed by atoms with Crippen molar-refractivity contribution < 1.29 is 9.53 Å². The van der Waals surface area contributed by atoms with Crippen molar-refractivity contribution in [2.75, 3.05) is 7.11 Å². The van der Waals surface area contributed by atoms with Crippen LogP contribution in [0.4, 0.5) is 5.69 Å². The van der Waals surface area contributed by atoms with Gasteiger partial charge in [-0.1, -0.05) is 25.3 Å². The summed E-state index contributed by atoms with van der Waals surface area (Å²) >= 11 is 0. The number of nitrogens with zero attached hydrogens (tertiary/aromatic N) is 1. The Kier molecular flexibility index (Phi) is 3.66. The number of ether oxygens (including phenoxy) is 1. The zero-order valence-electron chi connectivity index (χ0n) is 10.8. The van der Waals surface area contributed by atoms with Crippen molar-refractivity contribution >= 4 is 11.7 Å². The monoisotopic (exact) mass is 243 g/mol. The average molecular weight is 243 g/mol. The molecule has 3 heteroatoms. The largest absolute Gasteiger partial charge is 0.465 e. The van der Waals surface area contributed by atoms with Crippen LogP contribution in [-0.4, -0.2) is 13.1 Å². The molecule has 0 spiro atoms. The molecule has 2 rings (SSSR count). The number of carbonyl (C=O) groups excluding carboxylic acids is 1. The molecule has 1 saturated carbocycles. The van der Waals surface area contributed by atoms with Gasteiger partial charge < -0.3 is 4.74 Å². The minimum Gasteiger partial charge on any atom is -0.465 e. The van der Waals surface area contributed by atoms with Crippen molar-refractivity contribution in [1.82, 2.24) is 0 Å². The number of hydrogen-bond acceptors (Lipinski definition) is 2. The highest BCUT2D eigenvalue weighted by Gasteiger charge is 2.20. The van der Waals surface area contributed by atoms with E-state index in [2.05, 4.69) is 4.85 Å². The predicted octanol–water partition coefficient (Wildman–Crippen LogP) is 3.68. The smallest absolute Gasteiger partial charge is 0.336 e. The van der Waals surface area contributed by atoms with E-state index < -0.39 is 0 Å². The molecule has 0 bridgehead atoms. The lowest BCUT2D eigenvalue weighted by Crippen LogP contribution is -2.14.